The number of carbonyl (C=O) groups is 1. The maximum absolute atomic E-state index is 12.7. The molecule has 32 heavy (non-hydrogen) atoms. The van der Waals surface area contributed by atoms with Gasteiger partial charge in [0, 0.05) is 17.0 Å². The van der Waals surface area contributed by atoms with E-state index < -0.39 is 6.10 Å². The van der Waals surface area contributed by atoms with Gasteiger partial charge in [0.05, 0.1) is 18.0 Å². The molecule has 0 saturated carbocycles. The molecule has 4 rings (SSSR count). The van der Waals surface area contributed by atoms with Gasteiger partial charge in [-0.1, -0.05) is 18.2 Å². The topological polar surface area (TPSA) is 78.3 Å². The van der Waals surface area contributed by atoms with E-state index in [4.69, 9.17) is 14.5 Å². The molecule has 0 spiro atoms. The highest BCUT2D eigenvalue weighted by Crippen LogP contribution is 2.28. The molecule has 0 bridgehead atoms. The van der Waals surface area contributed by atoms with Gasteiger partial charge in [0.1, 0.15) is 17.3 Å². The van der Waals surface area contributed by atoms with Crippen molar-refractivity contribution in [3.8, 4) is 27.9 Å². The Morgan fingerprint density at radius 3 is 2.59 bits per heavy atom. The average Bonchev–Trinajstić information content (AvgIpc) is 3.42. The highest BCUT2D eigenvalue weighted by atomic mass is 32.1. The molecule has 0 aliphatic rings. The second-order valence-electron chi connectivity index (χ2n) is 7.12. The number of aryl methyl sites for hydroxylation is 1. The zero-order chi connectivity index (χ0) is 22.5. The Labute approximate surface area is 190 Å². The number of hydrogen-bond donors (Lipinski definition) is 1. The molecule has 7 nitrogen and oxygen atoms in total. The van der Waals surface area contributed by atoms with Crippen molar-refractivity contribution in [3.63, 3.8) is 0 Å². The Morgan fingerprint density at radius 2 is 1.88 bits per heavy atom. The lowest BCUT2D eigenvalue weighted by Crippen LogP contribution is -2.30. The normalized spacial score (nSPS) is 11.7. The molecule has 1 atom stereocenters. The van der Waals surface area contributed by atoms with Gasteiger partial charge in [0.25, 0.3) is 5.91 Å². The summed E-state index contributed by atoms with van der Waals surface area (Å²) >= 11 is 1.45. The van der Waals surface area contributed by atoms with E-state index in [2.05, 4.69) is 10.4 Å². The van der Waals surface area contributed by atoms with Gasteiger partial charge in [-0.25, -0.2) is 4.98 Å². The zero-order valence-electron chi connectivity index (χ0n) is 18.1. The first kappa shape index (κ1) is 21.6. The Balaban J connectivity index is 1.50. The van der Waals surface area contributed by atoms with Crippen LogP contribution in [0.3, 0.4) is 0 Å². The van der Waals surface area contributed by atoms with Gasteiger partial charge in [-0.2, -0.15) is 9.78 Å². The molecule has 8 heteroatoms. The van der Waals surface area contributed by atoms with Crippen molar-refractivity contribution < 1.29 is 14.3 Å². The zero-order valence-corrected chi connectivity index (χ0v) is 18.9. The van der Waals surface area contributed by atoms with Crippen LogP contribution in [0.5, 0.6) is 11.5 Å². The molecule has 0 aliphatic heterocycles. The maximum Gasteiger partial charge on any atom is 0.266 e. The molecule has 0 aliphatic carbocycles. The first-order valence-electron chi connectivity index (χ1n) is 10.3. The summed E-state index contributed by atoms with van der Waals surface area (Å²) in [5, 5.41) is 10.0. The fourth-order valence-electron chi connectivity index (χ4n) is 3.10. The summed E-state index contributed by atoms with van der Waals surface area (Å²) in [6.45, 7) is 6.17. The standard InChI is InChI=1S/C24H24N4O3S/c1-4-30-19-12-10-18(11-13-19)21-15-32-24(25-21)28-22(14-16(2)27-28)26-23(29)17(3)31-20-8-6-5-7-9-20/h5-15,17H,4H2,1-3H3,(H,26,29). The van der Waals surface area contributed by atoms with Gasteiger partial charge in [0.2, 0.25) is 5.13 Å². The molecule has 2 aromatic carbocycles. The number of nitrogens with zero attached hydrogens (tertiary/aromatic N) is 3. The van der Waals surface area contributed by atoms with Gasteiger partial charge in [0.15, 0.2) is 6.10 Å². The summed E-state index contributed by atoms with van der Waals surface area (Å²) < 4.78 is 12.9. The third-order valence-electron chi connectivity index (χ3n) is 4.64. The van der Waals surface area contributed by atoms with Crippen molar-refractivity contribution in [2.24, 2.45) is 0 Å². The van der Waals surface area contributed by atoms with Gasteiger partial charge in [-0.3, -0.25) is 4.79 Å². The van der Waals surface area contributed by atoms with Crippen LogP contribution in [0.2, 0.25) is 0 Å². The molecule has 0 saturated heterocycles. The second-order valence-corrected chi connectivity index (χ2v) is 7.95. The van der Waals surface area contributed by atoms with E-state index in [1.165, 1.54) is 11.3 Å². The Morgan fingerprint density at radius 1 is 1.12 bits per heavy atom. The molecule has 2 aromatic heterocycles. The van der Waals surface area contributed by atoms with Gasteiger partial charge >= 0.3 is 0 Å². The number of anilines is 1. The summed E-state index contributed by atoms with van der Waals surface area (Å²) in [4.78, 5) is 17.4. The molecule has 1 amide bonds. The largest absolute Gasteiger partial charge is 0.494 e. The number of para-hydroxylation sites is 1. The highest BCUT2D eigenvalue weighted by Gasteiger charge is 2.19. The quantitative estimate of drug-likeness (QED) is 0.405. The Bertz CT molecular complexity index is 1190. The minimum absolute atomic E-state index is 0.265. The van der Waals surface area contributed by atoms with E-state index in [-0.39, 0.29) is 5.91 Å². The number of amides is 1. The summed E-state index contributed by atoms with van der Waals surface area (Å²) in [5.74, 6) is 1.74. The van der Waals surface area contributed by atoms with Crippen molar-refractivity contribution in [3.05, 3.63) is 71.7 Å². The minimum atomic E-state index is -0.670. The van der Waals surface area contributed by atoms with Crippen LogP contribution >= 0.6 is 11.3 Å². The molecule has 0 radical (unpaired) electrons. The summed E-state index contributed by atoms with van der Waals surface area (Å²) in [6, 6.07) is 18.9. The van der Waals surface area contributed by atoms with Crippen LogP contribution in [0, 0.1) is 6.92 Å². The number of ether oxygens (including phenoxy) is 2. The monoisotopic (exact) mass is 448 g/mol. The van der Waals surface area contributed by atoms with E-state index >= 15 is 0 Å². The Kier molecular flexibility index (Phi) is 6.51. The van der Waals surface area contributed by atoms with Crippen LogP contribution in [0.1, 0.15) is 19.5 Å². The number of aromatic nitrogens is 3. The number of thiazole rings is 1. The summed E-state index contributed by atoms with van der Waals surface area (Å²) in [6.07, 6.45) is -0.670. The Hall–Kier alpha value is -3.65. The molecular weight excluding hydrogens is 424 g/mol. The van der Waals surface area contributed by atoms with Gasteiger partial charge in [-0.15, -0.1) is 11.3 Å². The molecular formula is C24H24N4O3S. The predicted octanol–water partition coefficient (Wildman–Crippen LogP) is 5.11. The van der Waals surface area contributed by atoms with Crippen molar-refractivity contribution in [1.82, 2.24) is 14.8 Å². The van der Waals surface area contributed by atoms with Crippen molar-refractivity contribution in [2.45, 2.75) is 26.9 Å². The first-order chi connectivity index (χ1) is 15.5. The van der Waals surface area contributed by atoms with E-state index in [9.17, 15) is 4.79 Å². The SMILES string of the molecule is CCOc1ccc(-c2csc(-n3nc(C)cc3NC(=O)C(C)Oc3ccccc3)n2)cc1. The molecule has 1 N–H and O–H groups in total. The lowest BCUT2D eigenvalue weighted by Gasteiger charge is -2.14. The lowest BCUT2D eigenvalue weighted by atomic mass is 10.2. The number of hydrogen-bond acceptors (Lipinski definition) is 6. The molecule has 164 valence electrons. The van der Waals surface area contributed by atoms with Crippen molar-refractivity contribution in [1.29, 1.82) is 0 Å². The summed E-state index contributed by atoms with van der Waals surface area (Å²) in [7, 11) is 0. The highest BCUT2D eigenvalue weighted by molar-refractivity contribution is 7.12. The summed E-state index contributed by atoms with van der Waals surface area (Å²) in [5.41, 5.74) is 2.59. The van der Waals surface area contributed by atoms with E-state index in [1.54, 1.807) is 11.6 Å². The number of nitrogens with one attached hydrogen (secondary N) is 1. The van der Waals surface area contributed by atoms with Crippen LogP contribution in [0.4, 0.5) is 5.82 Å². The van der Waals surface area contributed by atoms with Crippen LogP contribution < -0.4 is 14.8 Å². The van der Waals surface area contributed by atoms with Gasteiger partial charge in [-0.05, 0) is 57.2 Å². The number of rotatable bonds is 8. The fourth-order valence-corrected chi connectivity index (χ4v) is 3.90. The average molecular weight is 449 g/mol. The predicted molar refractivity (Wildman–Crippen MR) is 126 cm³/mol. The van der Waals surface area contributed by atoms with Crippen molar-refractivity contribution >= 4 is 23.1 Å². The maximum atomic E-state index is 12.7. The van der Waals surface area contributed by atoms with Crippen LogP contribution in [-0.4, -0.2) is 33.4 Å². The second kappa shape index (κ2) is 9.65. The molecule has 4 aromatic rings. The van der Waals surface area contributed by atoms with E-state index in [0.717, 1.165) is 22.7 Å². The third-order valence-corrected chi connectivity index (χ3v) is 5.46. The number of carbonyl (C=O) groups excluding carboxylic acids is 1. The number of benzene rings is 2. The molecule has 1 unspecified atom stereocenters. The molecule has 2 heterocycles. The molecule has 0 fully saturated rings. The smallest absolute Gasteiger partial charge is 0.266 e. The van der Waals surface area contributed by atoms with Crippen LogP contribution in [0.15, 0.2) is 66.0 Å². The van der Waals surface area contributed by atoms with Crippen molar-refractivity contribution in [2.75, 3.05) is 11.9 Å². The van der Waals surface area contributed by atoms with E-state index in [0.29, 0.717) is 23.3 Å². The van der Waals surface area contributed by atoms with Gasteiger partial charge < -0.3 is 14.8 Å². The van der Waals surface area contributed by atoms with Crippen LogP contribution in [-0.2, 0) is 4.79 Å². The lowest BCUT2D eigenvalue weighted by molar-refractivity contribution is -0.122. The van der Waals surface area contributed by atoms with Crippen LogP contribution in [0.25, 0.3) is 16.4 Å². The third kappa shape index (κ3) is 4.97. The minimum Gasteiger partial charge on any atom is -0.494 e. The van der Waals surface area contributed by atoms with E-state index in [1.807, 2.05) is 79.9 Å². The first-order valence-corrected chi connectivity index (χ1v) is 11.2. The fraction of sp³-hybridized carbons (Fsp3) is 0.208.